The summed E-state index contributed by atoms with van der Waals surface area (Å²) in [6.45, 7) is 1.27. The van der Waals surface area contributed by atoms with Crippen molar-refractivity contribution in [1.82, 2.24) is 4.98 Å². The number of H-pyrrole nitrogens is 1. The van der Waals surface area contributed by atoms with Crippen molar-refractivity contribution in [3.8, 4) is 23.3 Å². The molecule has 1 aliphatic rings. The number of nitrogen functional groups attached to an aromatic ring is 1. The van der Waals surface area contributed by atoms with Crippen LogP contribution < -0.4 is 11.3 Å². The molecule has 0 atom stereocenters. The largest absolute Gasteiger partial charge is 0.384 e. The molecule has 1 aromatic heterocycles. The minimum Gasteiger partial charge on any atom is -0.384 e. The second-order valence-corrected chi connectivity index (χ2v) is 5.27. The lowest BCUT2D eigenvalue weighted by molar-refractivity contribution is -0.183. The fourth-order valence-electron chi connectivity index (χ4n) is 2.62. The summed E-state index contributed by atoms with van der Waals surface area (Å²) in [5.74, 6) is -0.0560. The Morgan fingerprint density at radius 3 is 2.29 bits per heavy atom. The van der Waals surface area contributed by atoms with E-state index >= 15 is 0 Å². The molecule has 1 aromatic carbocycles. The van der Waals surface area contributed by atoms with E-state index in [1.807, 2.05) is 12.1 Å². The van der Waals surface area contributed by atoms with Gasteiger partial charge in [-0.3, -0.25) is 4.79 Å². The lowest BCUT2D eigenvalue weighted by Crippen LogP contribution is -2.18. The molecule has 0 amide bonds. The van der Waals surface area contributed by atoms with Crippen molar-refractivity contribution in [2.45, 2.75) is 12.7 Å². The first-order valence-electron chi connectivity index (χ1n) is 7.35. The summed E-state index contributed by atoms with van der Waals surface area (Å²) in [4.78, 5) is 14.3. The number of aromatic nitrogens is 1. The first kappa shape index (κ1) is 15.8. The lowest BCUT2D eigenvalue weighted by atomic mass is 9.96. The van der Waals surface area contributed by atoms with Gasteiger partial charge < -0.3 is 20.2 Å². The number of rotatable bonds is 2. The zero-order valence-corrected chi connectivity index (χ0v) is 12.7. The van der Waals surface area contributed by atoms with Crippen LogP contribution >= 0.6 is 0 Å². The molecule has 3 N–H and O–H groups in total. The Morgan fingerprint density at radius 1 is 1.08 bits per heavy atom. The fourth-order valence-corrected chi connectivity index (χ4v) is 2.62. The Kier molecular flexibility index (Phi) is 4.30. The van der Waals surface area contributed by atoms with Gasteiger partial charge in [-0.2, -0.15) is 10.5 Å². The van der Waals surface area contributed by atoms with Crippen LogP contribution in [0.3, 0.4) is 0 Å². The number of aromatic amines is 1. The molecule has 2 aromatic rings. The Labute approximate surface area is 137 Å². The third-order valence-corrected chi connectivity index (χ3v) is 3.77. The number of anilines is 1. The SMILES string of the molecule is N#Cc1c(N)[nH]c(=O)c(C#N)c1-c1ccc(C2OCCCO2)cc1. The van der Waals surface area contributed by atoms with Crippen molar-refractivity contribution in [3.05, 3.63) is 51.3 Å². The molecule has 0 radical (unpaired) electrons. The quantitative estimate of drug-likeness (QED) is 0.868. The van der Waals surface area contributed by atoms with Gasteiger partial charge in [-0.05, 0) is 12.0 Å². The summed E-state index contributed by atoms with van der Waals surface area (Å²) >= 11 is 0. The Hall–Kier alpha value is -3.13. The Balaban J connectivity index is 2.08. The van der Waals surface area contributed by atoms with Gasteiger partial charge in [0.25, 0.3) is 5.56 Å². The number of ether oxygens (including phenoxy) is 2. The van der Waals surface area contributed by atoms with Gasteiger partial charge >= 0.3 is 0 Å². The number of nitrogens with one attached hydrogen (secondary N) is 1. The molecule has 0 spiro atoms. The van der Waals surface area contributed by atoms with Crippen LogP contribution in [0.25, 0.3) is 11.1 Å². The van der Waals surface area contributed by atoms with E-state index < -0.39 is 11.8 Å². The molecule has 24 heavy (non-hydrogen) atoms. The number of nitriles is 2. The van der Waals surface area contributed by atoms with E-state index in [9.17, 15) is 15.3 Å². The number of nitrogens with two attached hydrogens (primary N) is 1. The van der Waals surface area contributed by atoms with Crippen LogP contribution in [0.5, 0.6) is 0 Å². The zero-order chi connectivity index (χ0) is 17.1. The predicted octanol–water partition coefficient (Wildman–Crippen LogP) is 1.80. The van der Waals surface area contributed by atoms with Crippen LogP contribution in [0.4, 0.5) is 5.82 Å². The van der Waals surface area contributed by atoms with Crippen LogP contribution in [0.1, 0.15) is 29.4 Å². The predicted molar refractivity (Wildman–Crippen MR) is 85.6 cm³/mol. The molecule has 0 saturated carbocycles. The van der Waals surface area contributed by atoms with E-state index in [0.29, 0.717) is 18.8 Å². The number of nitrogens with zero attached hydrogens (tertiary/aromatic N) is 2. The minimum absolute atomic E-state index is 0.0560. The maximum absolute atomic E-state index is 11.9. The molecule has 7 nitrogen and oxygen atoms in total. The summed E-state index contributed by atoms with van der Waals surface area (Å²) in [5, 5.41) is 18.6. The highest BCUT2D eigenvalue weighted by molar-refractivity contribution is 5.80. The Bertz CT molecular complexity index is 898. The van der Waals surface area contributed by atoms with Crippen molar-refractivity contribution in [3.63, 3.8) is 0 Å². The third kappa shape index (κ3) is 2.74. The molecular weight excluding hydrogens is 308 g/mol. The van der Waals surface area contributed by atoms with Crippen LogP contribution in [0, 0.1) is 22.7 Å². The van der Waals surface area contributed by atoms with Crippen molar-refractivity contribution in [2.24, 2.45) is 0 Å². The first-order valence-corrected chi connectivity index (χ1v) is 7.35. The van der Waals surface area contributed by atoms with Crippen LogP contribution in [-0.4, -0.2) is 18.2 Å². The molecule has 7 heteroatoms. The van der Waals surface area contributed by atoms with Gasteiger partial charge in [-0.1, -0.05) is 24.3 Å². The van der Waals surface area contributed by atoms with Gasteiger partial charge in [0.15, 0.2) is 6.29 Å². The number of pyridine rings is 1. The first-order chi connectivity index (χ1) is 11.7. The molecule has 1 saturated heterocycles. The summed E-state index contributed by atoms with van der Waals surface area (Å²) in [6, 6.07) is 10.8. The van der Waals surface area contributed by atoms with Gasteiger partial charge in [0.1, 0.15) is 29.1 Å². The van der Waals surface area contributed by atoms with Crippen molar-refractivity contribution in [2.75, 3.05) is 18.9 Å². The third-order valence-electron chi connectivity index (χ3n) is 3.77. The highest BCUT2D eigenvalue weighted by Crippen LogP contribution is 2.30. The van der Waals surface area contributed by atoms with Crippen LogP contribution in [0.2, 0.25) is 0 Å². The molecule has 0 bridgehead atoms. The number of hydrogen-bond acceptors (Lipinski definition) is 6. The second kappa shape index (κ2) is 6.55. The van der Waals surface area contributed by atoms with Crippen molar-refractivity contribution in [1.29, 1.82) is 10.5 Å². The lowest BCUT2D eigenvalue weighted by Gasteiger charge is -2.23. The maximum Gasteiger partial charge on any atom is 0.268 e. The van der Waals surface area contributed by atoms with Gasteiger partial charge in [-0.25, -0.2) is 0 Å². The zero-order valence-electron chi connectivity index (χ0n) is 12.7. The number of benzene rings is 1. The highest BCUT2D eigenvalue weighted by Gasteiger charge is 2.20. The summed E-state index contributed by atoms with van der Waals surface area (Å²) in [6.07, 6.45) is 0.431. The standard InChI is InChI=1S/C17H14N4O3/c18-8-12-14(13(9-19)16(22)21-15(12)20)10-2-4-11(5-3-10)17-23-6-1-7-24-17/h2-5,17H,1,6-7H2,(H3,20,21,22). The summed E-state index contributed by atoms with van der Waals surface area (Å²) in [7, 11) is 0. The minimum atomic E-state index is -0.618. The van der Waals surface area contributed by atoms with E-state index in [1.54, 1.807) is 24.3 Å². The maximum atomic E-state index is 11.9. The van der Waals surface area contributed by atoms with Gasteiger partial charge in [0, 0.05) is 11.1 Å². The van der Waals surface area contributed by atoms with Gasteiger partial charge in [0.2, 0.25) is 0 Å². The molecule has 3 rings (SSSR count). The Morgan fingerprint density at radius 2 is 1.71 bits per heavy atom. The average Bonchev–Trinajstić information content (AvgIpc) is 2.62. The van der Waals surface area contributed by atoms with E-state index in [-0.39, 0.29) is 22.5 Å². The van der Waals surface area contributed by atoms with Gasteiger partial charge in [-0.15, -0.1) is 0 Å². The normalized spacial score (nSPS) is 14.8. The van der Waals surface area contributed by atoms with Crippen LogP contribution in [0.15, 0.2) is 29.1 Å². The average molecular weight is 322 g/mol. The molecule has 0 aliphatic carbocycles. The molecule has 120 valence electrons. The smallest absolute Gasteiger partial charge is 0.268 e. The van der Waals surface area contributed by atoms with E-state index in [1.165, 1.54) is 0 Å². The summed E-state index contributed by atoms with van der Waals surface area (Å²) < 4.78 is 11.1. The van der Waals surface area contributed by atoms with Crippen molar-refractivity contribution >= 4 is 5.82 Å². The highest BCUT2D eigenvalue weighted by atomic mass is 16.7. The van der Waals surface area contributed by atoms with E-state index in [2.05, 4.69) is 4.98 Å². The molecule has 1 aliphatic heterocycles. The van der Waals surface area contributed by atoms with Gasteiger partial charge in [0.05, 0.1) is 13.2 Å². The van der Waals surface area contributed by atoms with Crippen LogP contribution in [-0.2, 0) is 9.47 Å². The number of hydrogen-bond donors (Lipinski definition) is 2. The molecule has 1 fully saturated rings. The van der Waals surface area contributed by atoms with E-state index in [0.717, 1.165) is 12.0 Å². The molecular formula is C17H14N4O3. The fraction of sp³-hybridized carbons (Fsp3) is 0.235. The van der Waals surface area contributed by atoms with E-state index in [4.69, 9.17) is 15.2 Å². The molecule has 0 unspecified atom stereocenters. The van der Waals surface area contributed by atoms with Crippen molar-refractivity contribution < 1.29 is 9.47 Å². The summed E-state index contributed by atoms with van der Waals surface area (Å²) in [5.41, 5.74) is 6.65. The topological polar surface area (TPSA) is 125 Å². The monoisotopic (exact) mass is 322 g/mol. The second-order valence-electron chi connectivity index (χ2n) is 5.27. The molecule has 2 heterocycles.